The van der Waals surface area contributed by atoms with Crippen molar-refractivity contribution in [3.05, 3.63) is 0 Å². The monoisotopic (exact) mass is 265 g/mol. The van der Waals surface area contributed by atoms with Gasteiger partial charge in [0.2, 0.25) is 5.91 Å². The number of carbonyl (C=O) groups is 2. The Kier molecular flexibility index (Phi) is 3.05. The van der Waals surface area contributed by atoms with Gasteiger partial charge in [-0.2, -0.15) is 0 Å². The Hall–Kier alpha value is -0.480. The first-order chi connectivity index (χ1) is 7.42. The summed E-state index contributed by atoms with van der Waals surface area (Å²) in [5.41, 5.74) is 0. The number of hydrogen-bond donors (Lipinski definition) is 1. The number of alkyl halides is 2. The number of rotatable bonds is 2. The molecule has 6 heteroatoms. The highest BCUT2D eigenvalue weighted by atomic mass is 35.5. The molecule has 1 saturated heterocycles. The Labute approximate surface area is 103 Å². The number of carboxylic acid groups (broad SMARTS) is 1. The molecule has 1 heterocycles. The summed E-state index contributed by atoms with van der Waals surface area (Å²) in [7, 11) is 0. The van der Waals surface area contributed by atoms with E-state index in [1.165, 1.54) is 0 Å². The van der Waals surface area contributed by atoms with E-state index in [1.54, 1.807) is 4.90 Å². The summed E-state index contributed by atoms with van der Waals surface area (Å²) >= 11 is 11.6. The van der Waals surface area contributed by atoms with E-state index in [9.17, 15) is 9.59 Å². The number of piperidine rings is 1. The normalized spacial score (nSPS) is 32.2. The fourth-order valence-electron chi connectivity index (χ4n) is 2.08. The molecule has 16 heavy (non-hydrogen) atoms. The number of halogens is 2. The number of carbonyl (C=O) groups excluding carboxylic acids is 1. The average molecular weight is 266 g/mol. The van der Waals surface area contributed by atoms with Crippen molar-refractivity contribution >= 4 is 35.1 Å². The number of aliphatic carboxylic acids is 1. The largest absolute Gasteiger partial charge is 0.481 e. The van der Waals surface area contributed by atoms with E-state index < -0.39 is 16.2 Å². The van der Waals surface area contributed by atoms with E-state index in [4.69, 9.17) is 28.3 Å². The van der Waals surface area contributed by atoms with Crippen LogP contribution < -0.4 is 0 Å². The van der Waals surface area contributed by atoms with Crippen LogP contribution in [0.1, 0.15) is 19.3 Å². The lowest BCUT2D eigenvalue weighted by Gasteiger charge is -2.31. The quantitative estimate of drug-likeness (QED) is 0.770. The molecule has 0 spiro atoms. The number of carboxylic acids is 1. The summed E-state index contributed by atoms with van der Waals surface area (Å²) in [5, 5.41) is 8.90. The summed E-state index contributed by atoms with van der Waals surface area (Å²) in [6.07, 6.45) is 1.84. The third-order valence-corrected chi connectivity index (χ3v) is 4.04. The molecule has 2 fully saturated rings. The molecule has 1 aliphatic heterocycles. The van der Waals surface area contributed by atoms with Crippen LogP contribution in [0.5, 0.6) is 0 Å². The fourth-order valence-corrected chi connectivity index (χ4v) is 2.58. The summed E-state index contributed by atoms with van der Waals surface area (Å²) in [4.78, 5) is 24.3. The summed E-state index contributed by atoms with van der Waals surface area (Å²) in [6.45, 7) is 0.900. The van der Waals surface area contributed by atoms with Crippen LogP contribution >= 0.6 is 23.2 Å². The van der Waals surface area contributed by atoms with Crippen molar-refractivity contribution in [1.82, 2.24) is 4.90 Å². The van der Waals surface area contributed by atoms with Gasteiger partial charge in [-0.05, 0) is 19.3 Å². The first kappa shape index (κ1) is 12.0. The van der Waals surface area contributed by atoms with Crippen molar-refractivity contribution in [1.29, 1.82) is 0 Å². The molecule has 0 aromatic heterocycles. The van der Waals surface area contributed by atoms with Crippen molar-refractivity contribution in [2.45, 2.75) is 23.6 Å². The molecule has 2 rings (SSSR count). The maximum Gasteiger partial charge on any atom is 0.308 e. The predicted octanol–water partition coefficient (Wildman–Crippen LogP) is 1.50. The van der Waals surface area contributed by atoms with Gasteiger partial charge < -0.3 is 10.0 Å². The van der Waals surface area contributed by atoms with Crippen LogP contribution in [0.15, 0.2) is 0 Å². The van der Waals surface area contributed by atoms with Gasteiger partial charge in [-0.15, -0.1) is 23.2 Å². The van der Waals surface area contributed by atoms with Gasteiger partial charge in [-0.3, -0.25) is 9.59 Å². The lowest BCUT2D eigenvalue weighted by atomic mass is 9.98. The Morgan fingerprint density at radius 3 is 2.50 bits per heavy atom. The third-order valence-electron chi connectivity index (χ3n) is 3.21. The van der Waals surface area contributed by atoms with Gasteiger partial charge in [0.05, 0.1) is 11.8 Å². The zero-order valence-electron chi connectivity index (χ0n) is 8.66. The molecule has 1 N–H and O–H groups in total. The highest BCUT2D eigenvalue weighted by molar-refractivity contribution is 6.52. The highest BCUT2D eigenvalue weighted by Gasteiger charge is 2.57. The van der Waals surface area contributed by atoms with Crippen LogP contribution in [0, 0.1) is 11.8 Å². The smallest absolute Gasteiger partial charge is 0.308 e. The maximum atomic E-state index is 11.9. The van der Waals surface area contributed by atoms with Gasteiger partial charge in [0.15, 0.2) is 0 Å². The van der Waals surface area contributed by atoms with Gasteiger partial charge >= 0.3 is 5.97 Å². The SMILES string of the molecule is O=C(O)[C@H]1CCCN(C(=O)C2CC2(Cl)Cl)C1. The molecular formula is C10H13Cl2NO3. The van der Waals surface area contributed by atoms with Crippen molar-refractivity contribution < 1.29 is 14.7 Å². The van der Waals surface area contributed by atoms with Crippen LogP contribution in [-0.4, -0.2) is 39.3 Å². The second-order valence-electron chi connectivity index (χ2n) is 4.48. The predicted molar refractivity (Wildman–Crippen MR) is 59.5 cm³/mol. The van der Waals surface area contributed by atoms with Gasteiger partial charge in [-0.25, -0.2) is 0 Å². The molecule has 0 aromatic carbocycles. The third kappa shape index (κ3) is 2.28. The molecule has 90 valence electrons. The highest BCUT2D eigenvalue weighted by Crippen LogP contribution is 2.54. The average Bonchev–Trinajstić information content (AvgIpc) is 2.87. The molecule has 2 aliphatic rings. The van der Waals surface area contributed by atoms with E-state index in [0.29, 0.717) is 19.4 Å². The maximum absolute atomic E-state index is 11.9. The first-order valence-corrected chi connectivity index (χ1v) is 6.07. The number of hydrogen-bond acceptors (Lipinski definition) is 2. The number of nitrogens with zero attached hydrogens (tertiary/aromatic N) is 1. The van der Waals surface area contributed by atoms with Crippen LogP contribution in [0.25, 0.3) is 0 Å². The molecule has 4 nitrogen and oxygen atoms in total. The topological polar surface area (TPSA) is 57.6 Å². The molecule has 0 radical (unpaired) electrons. The van der Waals surface area contributed by atoms with Crippen LogP contribution in [0.2, 0.25) is 0 Å². The van der Waals surface area contributed by atoms with Crippen molar-refractivity contribution in [2.24, 2.45) is 11.8 Å². The molecule has 1 aliphatic carbocycles. The molecule has 1 amide bonds. The van der Waals surface area contributed by atoms with Crippen LogP contribution in [0.3, 0.4) is 0 Å². The zero-order chi connectivity index (χ0) is 11.9. The minimum absolute atomic E-state index is 0.101. The zero-order valence-corrected chi connectivity index (χ0v) is 10.2. The number of amides is 1. The molecule has 0 bridgehead atoms. The van der Waals surface area contributed by atoms with Crippen molar-refractivity contribution in [2.75, 3.05) is 13.1 Å². The molecule has 2 atom stereocenters. The standard InChI is InChI=1S/C10H13Cl2NO3/c11-10(12)4-7(10)8(14)13-3-1-2-6(5-13)9(15)16/h6-7H,1-5H2,(H,15,16)/t6-,7?/m0/s1. The Morgan fingerprint density at radius 1 is 1.38 bits per heavy atom. The Balaban J connectivity index is 1.95. The molecular weight excluding hydrogens is 253 g/mol. The molecule has 0 aromatic rings. The van der Waals surface area contributed by atoms with E-state index in [1.807, 2.05) is 0 Å². The van der Waals surface area contributed by atoms with Gasteiger partial charge in [-0.1, -0.05) is 0 Å². The second-order valence-corrected chi connectivity index (χ2v) is 6.02. The van der Waals surface area contributed by atoms with Crippen LogP contribution in [-0.2, 0) is 9.59 Å². The lowest BCUT2D eigenvalue weighted by Crippen LogP contribution is -2.43. The second kappa shape index (κ2) is 4.08. The van der Waals surface area contributed by atoms with Gasteiger partial charge in [0, 0.05) is 13.1 Å². The van der Waals surface area contributed by atoms with Crippen molar-refractivity contribution in [3.63, 3.8) is 0 Å². The van der Waals surface area contributed by atoms with Gasteiger partial charge in [0.25, 0.3) is 0 Å². The van der Waals surface area contributed by atoms with Crippen molar-refractivity contribution in [3.8, 4) is 0 Å². The Morgan fingerprint density at radius 2 is 2.00 bits per heavy atom. The summed E-state index contributed by atoms with van der Waals surface area (Å²) in [5.74, 6) is -1.73. The lowest BCUT2D eigenvalue weighted by molar-refractivity contribution is -0.146. The summed E-state index contributed by atoms with van der Waals surface area (Å²) in [6, 6.07) is 0. The Bertz CT molecular complexity index is 332. The minimum Gasteiger partial charge on any atom is -0.481 e. The summed E-state index contributed by atoms with van der Waals surface area (Å²) < 4.78 is -0.923. The molecule has 1 unspecified atom stereocenters. The minimum atomic E-state index is -0.923. The van der Waals surface area contributed by atoms with E-state index in [-0.39, 0.29) is 18.4 Å². The van der Waals surface area contributed by atoms with Crippen LogP contribution in [0.4, 0.5) is 0 Å². The van der Waals surface area contributed by atoms with Gasteiger partial charge in [0.1, 0.15) is 4.33 Å². The first-order valence-electron chi connectivity index (χ1n) is 5.31. The van der Waals surface area contributed by atoms with E-state index >= 15 is 0 Å². The fraction of sp³-hybridized carbons (Fsp3) is 0.800. The molecule has 1 saturated carbocycles. The number of likely N-dealkylation sites (tertiary alicyclic amines) is 1. The van der Waals surface area contributed by atoms with E-state index in [2.05, 4.69) is 0 Å². The van der Waals surface area contributed by atoms with E-state index in [0.717, 1.165) is 6.42 Å².